The molecule has 1 unspecified atom stereocenters. The Bertz CT molecular complexity index is 1510. The summed E-state index contributed by atoms with van der Waals surface area (Å²) in [4.78, 5) is 31.8. The number of hydrogen-bond donors (Lipinski definition) is 2. The van der Waals surface area contributed by atoms with E-state index in [1.807, 2.05) is 13.8 Å². The van der Waals surface area contributed by atoms with Gasteiger partial charge in [0.2, 0.25) is 5.95 Å². The van der Waals surface area contributed by atoms with Gasteiger partial charge in [-0.3, -0.25) is 4.79 Å². The zero-order valence-electron chi connectivity index (χ0n) is 20.7. The fourth-order valence-electron chi connectivity index (χ4n) is 4.30. The standard InChI is InChI=1S/C26H26N8O3/c1-16-14-33(15-17(2)37-16)23(35)22-19-6-5-18(7-9-26(3,36)24-28-10-4-11-29-24)13-20(19)34(32-22)21-8-12-30-25(27)31-21/h4-6,8,10-13,16-17,36H,14-15H2,1-3H3,(H2,27,30,31)/t16-,17-,26?/m0/s1. The van der Waals surface area contributed by atoms with Crippen LogP contribution in [-0.2, 0) is 10.3 Å². The molecular weight excluding hydrogens is 472 g/mol. The first kappa shape index (κ1) is 24.3. The normalized spacial score (nSPS) is 19.2. The van der Waals surface area contributed by atoms with Crippen LogP contribution in [0, 0.1) is 11.8 Å². The van der Waals surface area contributed by atoms with Gasteiger partial charge in [0.15, 0.2) is 22.9 Å². The van der Waals surface area contributed by atoms with Crippen LogP contribution in [0.15, 0.2) is 48.9 Å². The van der Waals surface area contributed by atoms with Crippen LogP contribution < -0.4 is 5.73 Å². The van der Waals surface area contributed by atoms with E-state index in [4.69, 9.17) is 10.5 Å². The molecule has 0 spiro atoms. The van der Waals surface area contributed by atoms with Gasteiger partial charge in [0.1, 0.15) is 0 Å². The summed E-state index contributed by atoms with van der Waals surface area (Å²) < 4.78 is 7.34. The van der Waals surface area contributed by atoms with Crippen LogP contribution in [0.3, 0.4) is 0 Å². The summed E-state index contributed by atoms with van der Waals surface area (Å²) in [5, 5.41) is 16.1. The minimum atomic E-state index is -1.55. The molecule has 11 nitrogen and oxygen atoms in total. The van der Waals surface area contributed by atoms with E-state index in [-0.39, 0.29) is 35.6 Å². The summed E-state index contributed by atoms with van der Waals surface area (Å²) in [7, 11) is 0. The molecule has 1 aliphatic heterocycles. The lowest BCUT2D eigenvalue weighted by molar-refractivity contribution is -0.0587. The second-order valence-electron chi connectivity index (χ2n) is 9.13. The number of amides is 1. The Morgan fingerprint density at radius 2 is 1.86 bits per heavy atom. The third-order valence-corrected chi connectivity index (χ3v) is 5.92. The van der Waals surface area contributed by atoms with Crippen molar-refractivity contribution in [2.75, 3.05) is 18.8 Å². The van der Waals surface area contributed by atoms with Crippen molar-refractivity contribution in [1.29, 1.82) is 0 Å². The fraction of sp³-hybridized carbons (Fsp3) is 0.308. The number of nitrogens with zero attached hydrogens (tertiary/aromatic N) is 7. The number of nitrogens with two attached hydrogens (primary N) is 1. The maximum Gasteiger partial charge on any atom is 0.275 e. The number of ether oxygens (including phenoxy) is 1. The van der Waals surface area contributed by atoms with E-state index in [0.717, 1.165) is 0 Å². The van der Waals surface area contributed by atoms with E-state index < -0.39 is 5.60 Å². The van der Waals surface area contributed by atoms with Crippen LogP contribution in [-0.4, -0.2) is 70.9 Å². The van der Waals surface area contributed by atoms with E-state index in [1.54, 1.807) is 52.3 Å². The molecule has 1 aromatic carbocycles. The number of aliphatic hydroxyl groups is 1. The Morgan fingerprint density at radius 3 is 2.57 bits per heavy atom. The SMILES string of the molecule is C[C@H]1CN(C(=O)c2nn(-c3ccnc(N)n3)c3cc(C#CC(C)(O)c4ncccn4)ccc23)C[C@H](C)O1. The minimum Gasteiger partial charge on any atom is -0.372 e. The third kappa shape index (κ3) is 4.97. The number of hydrogen-bond acceptors (Lipinski definition) is 9. The highest BCUT2D eigenvalue weighted by Crippen LogP contribution is 2.25. The van der Waals surface area contributed by atoms with Crippen molar-refractivity contribution < 1.29 is 14.6 Å². The molecule has 4 aromatic rings. The molecule has 11 heteroatoms. The summed E-state index contributed by atoms with van der Waals surface area (Å²) in [6.07, 6.45) is 4.46. The predicted molar refractivity (Wildman–Crippen MR) is 135 cm³/mol. The van der Waals surface area contributed by atoms with Gasteiger partial charge >= 0.3 is 0 Å². The van der Waals surface area contributed by atoms with Gasteiger partial charge in [0, 0.05) is 48.7 Å². The van der Waals surface area contributed by atoms with Gasteiger partial charge in [-0.15, -0.1) is 0 Å². The topological polar surface area (TPSA) is 145 Å². The van der Waals surface area contributed by atoms with Crippen molar-refractivity contribution in [2.45, 2.75) is 38.6 Å². The number of benzene rings is 1. The van der Waals surface area contributed by atoms with Crippen molar-refractivity contribution in [3.63, 3.8) is 0 Å². The molecule has 1 aliphatic rings. The predicted octanol–water partition coefficient (Wildman–Crippen LogP) is 1.70. The summed E-state index contributed by atoms with van der Waals surface area (Å²) in [5.41, 5.74) is 5.76. The second-order valence-corrected chi connectivity index (χ2v) is 9.13. The van der Waals surface area contributed by atoms with Gasteiger partial charge in [-0.05, 0) is 45.0 Å². The van der Waals surface area contributed by atoms with Crippen molar-refractivity contribution >= 4 is 22.8 Å². The first-order valence-corrected chi connectivity index (χ1v) is 11.8. The number of nitrogen functional groups attached to an aromatic ring is 1. The van der Waals surface area contributed by atoms with Gasteiger partial charge in [-0.1, -0.05) is 11.8 Å². The highest BCUT2D eigenvalue weighted by molar-refractivity contribution is 6.05. The lowest BCUT2D eigenvalue weighted by Gasteiger charge is -2.34. The average molecular weight is 499 g/mol. The maximum atomic E-state index is 13.6. The summed E-state index contributed by atoms with van der Waals surface area (Å²) >= 11 is 0. The van der Waals surface area contributed by atoms with Gasteiger partial charge < -0.3 is 20.5 Å². The quantitative estimate of drug-likeness (QED) is 0.403. The Kier molecular flexibility index (Phi) is 6.29. The molecule has 0 saturated carbocycles. The smallest absolute Gasteiger partial charge is 0.275 e. The van der Waals surface area contributed by atoms with Gasteiger partial charge in [-0.25, -0.2) is 19.6 Å². The van der Waals surface area contributed by atoms with Crippen molar-refractivity contribution in [1.82, 2.24) is 34.6 Å². The monoisotopic (exact) mass is 498 g/mol. The molecule has 0 bridgehead atoms. The number of fused-ring (bicyclic) bond motifs is 1. The summed E-state index contributed by atoms with van der Waals surface area (Å²) in [6.45, 7) is 6.35. The van der Waals surface area contributed by atoms with E-state index >= 15 is 0 Å². The molecule has 1 amide bonds. The molecule has 3 atom stereocenters. The Balaban J connectivity index is 1.59. The van der Waals surface area contributed by atoms with Gasteiger partial charge in [0.25, 0.3) is 5.91 Å². The van der Waals surface area contributed by atoms with Crippen LogP contribution in [0.25, 0.3) is 16.7 Å². The van der Waals surface area contributed by atoms with E-state index in [0.29, 0.717) is 35.4 Å². The molecule has 1 fully saturated rings. The molecular formula is C26H26N8O3. The number of aromatic nitrogens is 6. The maximum absolute atomic E-state index is 13.6. The molecule has 5 rings (SSSR count). The minimum absolute atomic E-state index is 0.0778. The first-order chi connectivity index (χ1) is 17.7. The van der Waals surface area contributed by atoms with E-state index in [9.17, 15) is 9.90 Å². The molecule has 4 heterocycles. The summed E-state index contributed by atoms with van der Waals surface area (Å²) in [5.74, 6) is 6.32. The van der Waals surface area contributed by atoms with E-state index in [1.165, 1.54) is 13.1 Å². The number of morpholine rings is 1. The van der Waals surface area contributed by atoms with Crippen LogP contribution >= 0.6 is 0 Å². The van der Waals surface area contributed by atoms with Crippen LogP contribution in [0.1, 0.15) is 42.6 Å². The number of anilines is 1. The van der Waals surface area contributed by atoms with Crippen LogP contribution in [0.4, 0.5) is 5.95 Å². The van der Waals surface area contributed by atoms with Crippen LogP contribution in [0.5, 0.6) is 0 Å². The molecule has 0 aliphatic carbocycles. The highest BCUT2D eigenvalue weighted by atomic mass is 16.5. The zero-order chi connectivity index (χ0) is 26.2. The lowest BCUT2D eigenvalue weighted by Crippen LogP contribution is -2.48. The molecule has 1 saturated heterocycles. The molecule has 3 N–H and O–H groups in total. The third-order valence-electron chi connectivity index (χ3n) is 5.92. The van der Waals surface area contributed by atoms with Crippen molar-refractivity contribution in [3.8, 4) is 17.7 Å². The number of rotatable bonds is 3. The van der Waals surface area contributed by atoms with Crippen molar-refractivity contribution in [3.05, 3.63) is 66.0 Å². The van der Waals surface area contributed by atoms with E-state index in [2.05, 4.69) is 36.9 Å². The van der Waals surface area contributed by atoms with Gasteiger partial charge in [0.05, 0.1) is 17.7 Å². The first-order valence-electron chi connectivity index (χ1n) is 11.8. The average Bonchev–Trinajstić information content (AvgIpc) is 3.26. The zero-order valence-corrected chi connectivity index (χ0v) is 20.7. The fourth-order valence-corrected chi connectivity index (χ4v) is 4.30. The molecule has 188 valence electrons. The Hall–Kier alpha value is -4.40. The van der Waals surface area contributed by atoms with Crippen LogP contribution in [0.2, 0.25) is 0 Å². The summed E-state index contributed by atoms with van der Waals surface area (Å²) in [6, 6.07) is 8.68. The lowest BCUT2D eigenvalue weighted by atomic mass is 10.1. The molecule has 37 heavy (non-hydrogen) atoms. The largest absolute Gasteiger partial charge is 0.372 e. The van der Waals surface area contributed by atoms with Crippen molar-refractivity contribution in [2.24, 2.45) is 0 Å². The molecule has 3 aromatic heterocycles. The highest BCUT2D eigenvalue weighted by Gasteiger charge is 2.30. The Morgan fingerprint density at radius 1 is 1.14 bits per heavy atom. The second kappa shape index (κ2) is 9.57. The number of carbonyl (C=O) groups excluding carboxylic acids is 1. The molecule has 0 radical (unpaired) electrons. The number of carbonyl (C=O) groups is 1. The van der Waals surface area contributed by atoms with Gasteiger partial charge in [-0.2, -0.15) is 10.1 Å². The Labute approximate surface area is 213 Å².